The number of aryl methyl sites for hydroxylation is 1. The van der Waals surface area contributed by atoms with E-state index in [0.717, 1.165) is 31.4 Å². The number of amides is 1. The number of ether oxygens (including phenoxy) is 1. The maximum atomic E-state index is 12.3. The summed E-state index contributed by atoms with van der Waals surface area (Å²) in [4.78, 5) is 24.6. The van der Waals surface area contributed by atoms with Gasteiger partial charge in [-0.25, -0.2) is 9.97 Å². The third-order valence-electron chi connectivity index (χ3n) is 3.62. The molecule has 122 valence electrons. The van der Waals surface area contributed by atoms with Crippen LogP contribution < -0.4 is 5.32 Å². The summed E-state index contributed by atoms with van der Waals surface area (Å²) in [7, 11) is 0. The first kappa shape index (κ1) is 15.5. The Morgan fingerprint density at radius 2 is 2.39 bits per heavy atom. The van der Waals surface area contributed by atoms with Crippen molar-refractivity contribution < 1.29 is 14.1 Å². The molecular weight excluding hydrogens is 298 g/mol. The van der Waals surface area contributed by atoms with Crippen molar-refractivity contribution >= 4 is 5.91 Å². The summed E-state index contributed by atoms with van der Waals surface area (Å²) in [6.07, 6.45) is 6.38. The summed E-state index contributed by atoms with van der Waals surface area (Å²) in [5.74, 6) is 0.664. The van der Waals surface area contributed by atoms with Gasteiger partial charge in [0.1, 0.15) is 12.4 Å². The molecule has 1 aliphatic rings. The van der Waals surface area contributed by atoms with Gasteiger partial charge in [-0.15, -0.1) is 0 Å². The average Bonchev–Trinajstić information content (AvgIpc) is 3.24. The van der Waals surface area contributed by atoms with Crippen LogP contribution in [-0.4, -0.2) is 32.6 Å². The molecule has 0 radical (unpaired) electrons. The van der Waals surface area contributed by atoms with Crippen LogP contribution in [0.5, 0.6) is 0 Å². The highest BCUT2D eigenvalue weighted by molar-refractivity contribution is 5.94. The van der Waals surface area contributed by atoms with E-state index >= 15 is 0 Å². The Morgan fingerprint density at radius 1 is 1.48 bits per heavy atom. The fourth-order valence-electron chi connectivity index (χ4n) is 2.48. The second kappa shape index (κ2) is 7.28. The van der Waals surface area contributed by atoms with Gasteiger partial charge in [0.2, 0.25) is 0 Å². The number of hydrogen-bond acceptors (Lipinski definition) is 7. The monoisotopic (exact) mass is 317 g/mol. The standard InChI is InChI=1S/C15H19N5O3/c1-2-4-11-10(7-16-9-18-11)14(21)17-8-13-19-15(23-20-13)12-5-3-6-22-12/h7,9,12H,2-6,8H2,1H3,(H,17,21)/t12-/m0/s1. The molecule has 2 aromatic rings. The molecule has 8 nitrogen and oxygen atoms in total. The maximum Gasteiger partial charge on any atom is 0.255 e. The quantitative estimate of drug-likeness (QED) is 0.863. The Hall–Kier alpha value is -2.35. The Morgan fingerprint density at radius 3 is 3.17 bits per heavy atom. The number of aromatic nitrogens is 4. The van der Waals surface area contributed by atoms with Gasteiger partial charge in [0.15, 0.2) is 5.82 Å². The fraction of sp³-hybridized carbons (Fsp3) is 0.533. The normalized spacial score (nSPS) is 17.3. The maximum absolute atomic E-state index is 12.3. The van der Waals surface area contributed by atoms with Crippen LogP contribution in [0.1, 0.15) is 60.1 Å². The van der Waals surface area contributed by atoms with Crippen LogP contribution in [0.15, 0.2) is 17.0 Å². The van der Waals surface area contributed by atoms with Crippen molar-refractivity contribution in [1.82, 2.24) is 25.4 Å². The van der Waals surface area contributed by atoms with Gasteiger partial charge in [0.05, 0.1) is 17.8 Å². The summed E-state index contributed by atoms with van der Waals surface area (Å²) < 4.78 is 10.7. The Labute approximate surface area is 133 Å². The molecule has 1 N–H and O–H groups in total. The molecule has 1 saturated heterocycles. The lowest BCUT2D eigenvalue weighted by atomic mass is 10.1. The lowest BCUT2D eigenvalue weighted by Crippen LogP contribution is -2.25. The molecule has 1 aliphatic heterocycles. The highest BCUT2D eigenvalue weighted by atomic mass is 16.5. The summed E-state index contributed by atoms with van der Waals surface area (Å²) >= 11 is 0. The van der Waals surface area contributed by atoms with E-state index in [4.69, 9.17) is 9.26 Å². The minimum atomic E-state index is -0.238. The number of hydrogen-bond donors (Lipinski definition) is 1. The molecule has 3 rings (SSSR count). The van der Waals surface area contributed by atoms with Crippen molar-refractivity contribution in [2.75, 3.05) is 6.61 Å². The van der Waals surface area contributed by atoms with Gasteiger partial charge in [-0.05, 0) is 19.3 Å². The topological polar surface area (TPSA) is 103 Å². The molecule has 0 saturated carbocycles. The van der Waals surface area contributed by atoms with Gasteiger partial charge in [-0.1, -0.05) is 18.5 Å². The zero-order valence-electron chi connectivity index (χ0n) is 13.0. The van der Waals surface area contributed by atoms with Crippen molar-refractivity contribution in [3.8, 4) is 0 Å². The van der Waals surface area contributed by atoms with E-state index in [1.807, 2.05) is 6.92 Å². The zero-order chi connectivity index (χ0) is 16.1. The first-order valence-electron chi connectivity index (χ1n) is 7.79. The largest absolute Gasteiger partial charge is 0.368 e. The molecule has 2 aromatic heterocycles. The average molecular weight is 317 g/mol. The van der Waals surface area contributed by atoms with Gasteiger partial charge in [-0.3, -0.25) is 4.79 Å². The molecule has 23 heavy (non-hydrogen) atoms. The summed E-state index contributed by atoms with van der Waals surface area (Å²) in [5, 5.41) is 6.65. The molecule has 1 atom stereocenters. The van der Waals surface area contributed by atoms with Crippen molar-refractivity contribution in [3.63, 3.8) is 0 Å². The Balaban J connectivity index is 1.61. The van der Waals surface area contributed by atoms with Gasteiger partial charge >= 0.3 is 0 Å². The van der Waals surface area contributed by atoms with Gasteiger partial charge in [-0.2, -0.15) is 4.98 Å². The third-order valence-corrected chi connectivity index (χ3v) is 3.62. The van der Waals surface area contributed by atoms with Crippen molar-refractivity contribution in [2.24, 2.45) is 0 Å². The van der Waals surface area contributed by atoms with Crippen LogP contribution in [0.4, 0.5) is 0 Å². The number of nitrogens with one attached hydrogen (secondary N) is 1. The molecule has 1 fully saturated rings. The number of rotatable bonds is 6. The highest BCUT2D eigenvalue weighted by Crippen LogP contribution is 2.26. The van der Waals surface area contributed by atoms with E-state index in [0.29, 0.717) is 23.9 Å². The van der Waals surface area contributed by atoms with E-state index in [2.05, 4.69) is 25.4 Å². The smallest absolute Gasteiger partial charge is 0.255 e. The lowest BCUT2D eigenvalue weighted by molar-refractivity contribution is 0.0835. The molecule has 1 amide bonds. The first-order chi connectivity index (χ1) is 11.3. The number of nitrogens with zero attached hydrogens (tertiary/aromatic N) is 4. The molecule has 8 heteroatoms. The van der Waals surface area contributed by atoms with Crippen LogP contribution >= 0.6 is 0 Å². The van der Waals surface area contributed by atoms with Crippen molar-refractivity contribution in [2.45, 2.75) is 45.3 Å². The molecule has 0 spiro atoms. The SMILES string of the molecule is CCCc1ncncc1C(=O)NCc1noc([C@@H]2CCCO2)n1. The number of carbonyl (C=O) groups excluding carboxylic acids is 1. The van der Waals surface area contributed by atoms with Gasteiger partial charge in [0, 0.05) is 12.8 Å². The minimum Gasteiger partial charge on any atom is -0.368 e. The third kappa shape index (κ3) is 3.70. The van der Waals surface area contributed by atoms with E-state index < -0.39 is 0 Å². The lowest BCUT2D eigenvalue weighted by Gasteiger charge is -2.06. The molecule has 3 heterocycles. The summed E-state index contributed by atoms with van der Waals surface area (Å²) in [6, 6.07) is 0. The van der Waals surface area contributed by atoms with Gasteiger partial charge < -0.3 is 14.6 Å². The molecule has 0 aromatic carbocycles. The van der Waals surface area contributed by atoms with E-state index in [1.165, 1.54) is 12.5 Å². The second-order valence-corrected chi connectivity index (χ2v) is 5.37. The molecule has 0 unspecified atom stereocenters. The minimum absolute atomic E-state index is 0.120. The predicted molar refractivity (Wildman–Crippen MR) is 79.4 cm³/mol. The van der Waals surface area contributed by atoms with E-state index in [1.54, 1.807) is 0 Å². The Bertz CT molecular complexity index is 667. The van der Waals surface area contributed by atoms with E-state index in [9.17, 15) is 4.79 Å². The summed E-state index contributed by atoms with van der Waals surface area (Å²) in [6.45, 7) is 2.94. The predicted octanol–water partition coefficient (Wildman–Crippen LogP) is 1.59. The fourth-order valence-corrected chi connectivity index (χ4v) is 2.48. The Kier molecular flexibility index (Phi) is 4.92. The molecule has 0 aliphatic carbocycles. The number of carbonyl (C=O) groups is 1. The van der Waals surface area contributed by atoms with Crippen molar-refractivity contribution in [1.29, 1.82) is 0 Å². The highest BCUT2D eigenvalue weighted by Gasteiger charge is 2.24. The van der Waals surface area contributed by atoms with Crippen molar-refractivity contribution in [3.05, 3.63) is 35.5 Å². The van der Waals surface area contributed by atoms with E-state index in [-0.39, 0.29) is 18.6 Å². The van der Waals surface area contributed by atoms with Crippen LogP contribution in [-0.2, 0) is 17.7 Å². The second-order valence-electron chi connectivity index (χ2n) is 5.37. The summed E-state index contributed by atoms with van der Waals surface area (Å²) in [5.41, 5.74) is 1.23. The van der Waals surface area contributed by atoms with Gasteiger partial charge in [0.25, 0.3) is 11.8 Å². The van der Waals surface area contributed by atoms with Crippen LogP contribution in [0.25, 0.3) is 0 Å². The van der Waals surface area contributed by atoms with Crippen LogP contribution in [0.2, 0.25) is 0 Å². The first-order valence-corrected chi connectivity index (χ1v) is 7.79. The molecular formula is C15H19N5O3. The van der Waals surface area contributed by atoms with Crippen LogP contribution in [0.3, 0.4) is 0 Å². The molecule has 0 bridgehead atoms. The van der Waals surface area contributed by atoms with Crippen LogP contribution in [0, 0.1) is 0 Å². The zero-order valence-corrected chi connectivity index (χ0v) is 13.0.